The molecular formula is C24H37N3O2S. The van der Waals surface area contributed by atoms with Gasteiger partial charge in [-0.1, -0.05) is 32.3 Å². The zero-order chi connectivity index (χ0) is 20.9. The average molecular weight is 432 g/mol. The molecule has 1 aromatic heterocycles. The molecule has 5 nitrogen and oxygen atoms in total. The molecule has 2 saturated heterocycles. The molecule has 0 bridgehead atoms. The standard InChI is InChI=1S/C24H37N3O2S/c1-18-11-14-26(15-12-18)21(22-10-6-16-30-22)17-25-23(28)20-9-5-13-27(20)24(29)19-7-3-2-4-8-19/h6,10,16,18-21H,2-5,7-9,11-15,17H2,1H3,(H,25,28)/t20-,21-/m0/s1. The maximum atomic E-state index is 13.1. The Hall–Kier alpha value is -1.40. The van der Waals surface area contributed by atoms with E-state index in [2.05, 4.69) is 34.7 Å². The molecule has 2 aliphatic heterocycles. The van der Waals surface area contributed by atoms with Gasteiger partial charge in [-0.15, -0.1) is 11.3 Å². The van der Waals surface area contributed by atoms with E-state index in [0.717, 1.165) is 64.1 Å². The minimum absolute atomic E-state index is 0.0450. The van der Waals surface area contributed by atoms with Crippen molar-refractivity contribution in [3.63, 3.8) is 0 Å². The van der Waals surface area contributed by atoms with Crippen LogP contribution in [0.2, 0.25) is 0 Å². The number of likely N-dealkylation sites (tertiary alicyclic amines) is 2. The molecule has 3 fully saturated rings. The fraction of sp³-hybridized carbons (Fsp3) is 0.750. The van der Waals surface area contributed by atoms with Crippen molar-refractivity contribution in [2.75, 3.05) is 26.2 Å². The number of nitrogens with zero attached hydrogens (tertiary/aromatic N) is 2. The van der Waals surface area contributed by atoms with Crippen LogP contribution in [0.25, 0.3) is 0 Å². The molecule has 166 valence electrons. The summed E-state index contributed by atoms with van der Waals surface area (Å²) < 4.78 is 0. The second-order valence-corrected chi connectivity index (χ2v) is 10.5. The maximum absolute atomic E-state index is 13.1. The molecule has 0 aromatic carbocycles. The number of piperidine rings is 1. The number of hydrogen-bond donors (Lipinski definition) is 1. The second-order valence-electron chi connectivity index (χ2n) is 9.52. The molecule has 6 heteroatoms. The third-order valence-corrected chi connectivity index (χ3v) is 8.37. The van der Waals surface area contributed by atoms with Gasteiger partial charge in [-0.2, -0.15) is 0 Å². The Kier molecular flexibility index (Phi) is 7.47. The molecule has 30 heavy (non-hydrogen) atoms. The number of carbonyl (C=O) groups excluding carboxylic acids is 2. The summed E-state index contributed by atoms with van der Waals surface area (Å²) in [7, 11) is 0. The summed E-state index contributed by atoms with van der Waals surface area (Å²) in [5.74, 6) is 1.20. The van der Waals surface area contributed by atoms with Crippen molar-refractivity contribution in [1.82, 2.24) is 15.1 Å². The highest BCUT2D eigenvalue weighted by Gasteiger charge is 2.37. The Balaban J connectivity index is 1.37. The molecule has 3 heterocycles. The van der Waals surface area contributed by atoms with E-state index in [9.17, 15) is 9.59 Å². The fourth-order valence-corrected chi connectivity index (χ4v) is 6.29. The van der Waals surface area contributed by atoms with Crippen molar-refractivity contribution in [3.8, 4) is 0 Å². The molecular weight excluding hydrogens is 394 g/mol. The van der Waals surface area contributed by atoms with Crippen LogP contribution < -0.4 is 5.32 Å². The first kappa shape index (κ1) is 21.8. The Morgan fingerprint density at radius 1 is 1.07 bits per heavy atom. The van der Waals surface area contributed by atoms with E-state index in [-0.39, 0.29) is 29.8 Å². The highest BCUT2D eigenvalue weighted by molar-refractivity contribution is 7.10. The largest absolute Gasteiger partial charge is 0.352 e. The summed E-state index contributed by atoms with van der Waals surface area (Å²) >= 11 is 1.78. The van der Waals surface area contributed by atoms with Crippen LogP contribution in [0, 0.1) is 11.8 Å². The van der Waals surface area contributed by atoms with Gasteiger partial charge in [0.2, 0.25) is 11.8 Å². The van der Waals surface area contributed by atoms with Crippen LogP contribution >= 0.6 is 11.3 Å². The van der Waals surface area contributed by atoms with Gasteiger partial charge in [0.1, 0.15) is 6.04 Å². The van der Waals surface area contributed by atoms with Gasteiger partial charge in [-0.05, 0) is 69.0 Å². The Morgan fingerprint density at radius 3 is 2.53 bits per heavy atom. The summed E-state index contributed by atoms with van der Waals surface area (Å²) in [6.45, 7) is 5.89. The van der Waals surface area contributed by atoms with Crippen molar-refractivity contribution in [2.45, 2.75) is 76.8 Å². The summed E-state index contributed by atoms with van der Waals surface area (Å²) in [6, 6.07) is 4.26. The predicted octanol–water partition coefficient (Wildman–Crippen LogP) is 4.21. The molecule has 1 N–H and O–H groups in total. The van der Waals surface area contributed by atoms with Crippen LogP contribution in [0.3, 0.4) is 0 Å². The first-order valence-corrected chi connectivity index (χ1v) is 12.9. The lowest BCUT2D eigenvalue weighted by molar-refractivity contribution is -0.142. The zero-order valence-corrected chi connectivity index (χ0v) is 19.2. The average Bonchev–Trinajstić information content (AvgIpc) is 3.47. The second kappa shape index (κ2) is 10.3. The monoisotopic (exact) mass is 431 g/mol. The highest BCUT2D eigenvalue weighted by Crippen LogP contribution is 2.31. The number of amides is 2. The molecule has 1 saturated carbocycles. The normalized spacial score (nSPS) is 25.4. The van der Waals surface area contributed by atoms with Gasteiger partial charge >= 0.3 is 0 Å². The SMILES string of the molecule is CC1CCN([C@@H](CNC(=O)[C@@H]2CCCN2C(=O)C2CCCCC2)c2cccs2)CC1. The van der Waals surface area contributed by atoms with Gasteiger partial charge in [-0.25, -0.2) is 0 Å². The van der Waals surface area contributed by atoms with Crippen molar-refractivity contribution in [1.29, 1.82) is 0 Å². The molecule has 2 amide bonds. The van der Waals surface area contributed by atoms with E-state index in [1.165, 1.54) is 24.1 Å². The summed E-state index contributed by atoms with van der Waals surface area (Å²) in [6.07, 6.45) is 9.73. The van der Waals surface area contributed by atoms with E-state index < -0.39 is 0 Å². The minimum atomic E-state index is -0.273. The van der Waals surface area contributed by atoms with Crippen LogP contribution in [0.1, 0.15) is 75.6 Å². The lowest BCUT2D eigenvalue weighted by Crippen LogP contribution is -2.50. The van der Waals surface area contributed by atoms with Crippen LogP contribution in [-0.2, 0) is 9.59 Å². The summed E-state index contributed by atoms with van der Waals surface area (Å²) in [5.41, 5.74) is 0. The van der Waals surface area contributed by atoms with E-state index in [4.69, 9.17) is 0 Å². The number of rotatable bonds is 6. The first-order valence-electron chi connectivity index (χ1n) is 12.0. The third kappa shape index (κ3) is 5.08. The van der Waals surface area contributed by atoms with Crippen molar-refractivity contribution >= 4 is 23.2 Å². The Labute approximate surface area is 185 Å². The lowest BCUT2D eigenvalue weighted by atomic mass is 9.88. The maximum Gasteiger partial charge on any atom is 0.242 e. The van der Waals surface area contributed by atoms with Crippen molar-refractivity contribution < 1.29 is 9.59 Å². The lowest BCUT2D eigenvalue weighted by Gasteiger charge is -2.37. The van der Waals surface area contributed by atoms with E-state index in [1.54, 1.807) is 11.3 Å². The Bertz CT molecular complexity index is 693. The quantitative estimate of drug-likeness (QED) is 0.734. The van der Waals surface area contributed by atoms with Gasteiger partial charge in [0.05, 0.1) is 6.04 Å². The molecule has 2 atom stereocenters. The summed E-state index contributed by atoms with van der Waals surface area (Å²) in [4.78, 5) is 31.9. The van der Waals surface area contributed by atoms with E-state index in [0.29, 0.717) is 6.54 Å². The van der Waals surface area contributed by atoms with E-state index >= 15 is 0 Å². The van der Waals surface area contributed by atoms with Gasteiger partial charge in [0.15, 0.2) is 0 Å². The third-order valence-electron chi connectivity index (χ3n) is 7.39. The predicted molar refractivity (Wildman–Crippen MR) is 121 cm³/mol. The van der Waals surface area contributed by atoms with E-state index in [1.807, 2.05) is 4.90 Å². The Morgan fingerprint density at radius 2 is 1.83 bits per heavy atom. The molecule has 1 aliphatic carbocycles. The molecule has 0 unspecified atom stereocenters. The van der Waals surface area contributed by atoms with Crippen LogP contribution in [0.15, 0.2) is 17.5 Å². The molecule has 1 aromatic rings. The van der Waals surface area contributed by atoms with Gasteiger partial charge in [0, 0.05) is 23.9 Å². The van der Waals surface area contributed by atoms with Crippen molar-refractivity contribution in [3.05, 3.63) is 22.4 Å². The van der Waals surface area contributed by atoms with Crippen molar-refractivity contribution in [2.24, 2.45) is 11.8 Å². The van der Waals surface area contributed by atoms with Gasteiger partial charge in [0.25, 0.3) is 0 Å². The summed E-state index contributed by atoms with van der Waals surface area (Å²) in [5, 5.41) is 5.36. The van der Waals surface area contributed by atoms with Crippen LogP contribution in [-0.4, -0.2) is 53.8 Å². The minimum Gasteiger partial charge on any atom is -0.352 e. The molecule has 4 rings (SSSR count). The highest BCUT2D eigenvalue weighted by atomic mass is 32.1. The topological polar surface area (TPSA) is 52.7 Å². The number of nitrogens with one attached hydrogen (secondary N) is 1. The van der Waals surface area contributed by atoms with Gasteiger partial charge in [-0.3, -0.25) is 14.5 Å². The number of hydrogen-bond acceptors (Lipinski definition) is 4. The molecule has 0 spiro atoms. The molecule has 0 radical (unpaired) electrons. The van der Waals surface area contributed by atoms with Crippen LogP contribution in [0.4, 0.5) is 0 Å². The van der Waals surface area contributed by atoms with Gasteiger partial charge < -0.3 is 10.2 Å². The van der Waals surface area contributed by atoms with Crippen LogP contribution in [0.5, 0.6) is 0 Å². The number of carbonyl (C=O) groups is 2. The fourth-order valence-electron chi connectivity index (χ4n) is 5.43. The smallest absolute Gasteiger partial charge is 0.242 e. The number of thiophene rings is 1. The zero-order valence-electron chi connectivity index (χ0n) is 18.4. The molecule has 3 aliphatic rings. The first-order chi connectivity index (χ1) is 14.6.